The molecule has 3 aromatic carbocycles. The molecule has 1 saturated heterocycles. The summed E-state index contributed by atoms with van der Waals surface area (Å²) in [7, 11) is 0. The molecule has 3 amide bonds. The van der Waals surface area contributed by atoms with Gasteiger partial charge in [0.1, 0.15) is 5.75 Å². The van der Waals surface area contributed by atoms with Crippen molar-refractivity contribution in [2.75, 3.05) is 10.3 Å². The number of anilines is 3. The smallest absolute Gasteiger partial charge is 0.290 e. The van der Waals surface area contributed by atoms with Gasteiger partial charge in [-0.2, -0.15) is 5.10 Å². The quantitative estimate of drug-likeness (QED) is 0.278. The number of hydrogen-bond donors (Lipinski definition) is 3. The van der Waals surface area contributed by atoms with Crippen molar-refractivity contribution in [3.05, 3.63) is 87.8 Å². The minimum absolute atomic E-state index is 0.122. The lowest BCUT2D eigenvalue weighted by molar-refractivity contribution is -0.115. The van der Waals surface area contributed by atoms with Gasteiger partial charge in [-0.25, -0.2) is 0 Å². The third-order valence-electron chi connectivity index (χ3n) is 5.80. The zero-order chi connectivity index (χ0) is 24.7. The Kier molecular flexibility index (Phi) is 5.62. The highest BCUT2D eigenvalue weighted by molar-refractivity contribution is 8.18. The number of nitrogens with zero attached hydrogens (tertiary/aromatic N) is 2. The zero-order valence-electron chi connectivity index (χ0n) is 18.8. The summed E-state index contributed by atoms with van der Waals surface area (Å²) >= 11 is 0.800. The molecular weight excluding hydrogens is 464 g/mol. The fourth-order valence-electron chi connectivity index (χ4n) is 3.85. The predicted molar refractivity (Wildman–Crippen MR) is 137 cm³/mol. The molecule has 0 aliphatic carbocycles. The highest BCUT2D eigenvalue weighted by atomic mass is 32.2. The molecule has 0 unspecified atom stereocenters. The fourth-order valence-corrected chi connectivity index (χ4v) is 4.53. The Balaban J connectivity index is 1.43. The Morgan fingerprint density at radius 1 is 1.00 bits per heavy atom. The van der Waals surface area contributed by atoms with Gasteiger partial charge in [0, 0.05) is 11.3 Å². The van der Waals surface area contributed by atoms with Gasteiger partial charge in [-0.05, 0) is 78.7 Å². The van der Waals surface area contributed by atoms with E-state index in [2.05, 4.69) is 15.8 Å². The first-order chi connectivity index (χ1) is 16.8. The van der Waals surface area contributed by atoms with Gasteiger partial charge in [-0.1, -0.05) is 30.3 Å². The van der Waals surface area contributed by atoms with E-state index in [0.717, 1.165) is 34.3 Å². The van der Waals surface area contributed by atoms with Gasteiger partial charge < -0.3 is 5.11 Å². The molecule has 1 fully saturated rings. The van der Waals surface area contributed by atoms with Crippen LogP contribution < -0.4 is 15.6 Å². The van der Waals surface area contributed by atoms with Crippen LogP contribution in [0.5, 0.6) is 5.75 Å². The molecule has 35 heavy (non-hydrogen) atoms. The molecule has 2 aliphatic heterocycles. The van der Waals surface area contributed by atoms with Crippen molar-refractivity contribution in [2.45, 2.75) is 13.8 Å². The average molecular weight is 485 g/mol. The van der Waals surface area contributed by atoms with Crippen LogP contribution in [0.25, 0.3) is 6.08 Å². The molecule has 0 bridgehead atoms. The molecule has 0 spiro atoms. The maximum Gasteiger partial charge on any atom is 0.290 e. The van der Waals surface area contributed by atoms with Gasteiger partial charge >= 0.3 is 0 Å². The summed E-state index contributed by atoms with van der Waals surface area (Å²) in [5, 5.41) is 16.6. The monoisotopic (exact) mass is 484 g/mol. The van der Waals surface area contributed by atoms with Gasteiger partial charge in [0.2, 0.25) is 0 Å². The first-order valence-corrected chi connectivity index (χ1v) is 11.6. The maximum absolute atomic E-state index is 13.4. The van der Waals surface area contributed by atoms with Crippen molar-refractivity contribution in [1.29, 1.82) is 0 Å². The number of phenols is 1. The van der Waals surface area contributed by atoms with Gasteiger partial charge in [0.25, 0.3) is 17.1 Å². The second kappa shape index (κ2) is 8.77. The summed E-state index contributed by atoms with van der Waals surface area (Å²) in [4.78, 5) is 38.3. The SMILES string of the molecule is Cc1ccc(N2C(=O)/C(=N\Nc3ccc(/C=C4\SC(=O)NC4=O)cc3O)c3ccccc32)cc1C. The number of carbonyl (C=O) groups is 3. The second-order valence-corrected chi connectivity index (χ2v) is 9.14. The topological polar surface area (TPSA) is 111 Å². The number of aryl methyl sites for hydroxylation is 2. The molecule has 3 N–H and O–H groups in total. The minimum Gasteiger partial charge on any atom is -0.506 e. The van der Waals surface area contributed by atoms with Crippen molar-refractivity contribution in [1.82, 2.24) is 5.32 Å². The molecular formula is C26H20N4O4S. The number of nitrogens with one attached hydrogen (secondary N) is 2. The van der Waals surface area contributed by atoms with E-state index in [1.54, 1.807) is 17.0 Å². The van der Waals surface area contributed by atoms with E-state index in [0.29, 0.717) is 11.1 Å². The third kappa shape index (κ3) is 4.17. The van der Waals surface area contributed by atoms with Crippen molar-refractivity contribution in [3.8, 4) is 5.75 Å². The number of hydrogen-bond acceptors (Lipinski definition) is 7. The standard InChI is InChI=1S/C26H20N4O4S/c1-14-7-9-17(11-15(14)2)30-20-6-4-3-5-18(20)23(25(30)33)29-28-19-10-8-16(12-21(19)31)13-22-24(32)27-26(34)35-22/h3-13,28,31H,1-2H3,(H,27,32,34)/b22-13-,29-23-. The summed E-state index contributed by atoms with van der Waals surface area (Å²) in [5.74, 6) is -0.875. The first-order valence-electron chi connectivity index (χ1n) is 10.7. The summed E-state index contributed by atoms with van der Waals surface area (Å²) in [6.45, 7) is 4.02. The number of amides is 3. The molecule has 0 atom stereocenters. The number of aromatic hydroxyl groups is 1. The number of hydrazone groups is 1. The molecule has 8 nitrogen and oxygen atoms in total. The summed E-state index contributed by atoms with van der Waals surface area (Å²) in [6, 6.07) is 17.9. The molecule has 2 aliphatic rings. The van der Waals surface area contributed by atoms with E-state index < -0.39 is 11.1 Å². The Hall–Kier alpha value is -4.37. The molecule has 0 radical (unpaired) electrons. The molecule has 0 saturated carbocycles. The highest BCUT2D eigenvalue weighted by Crippen LogP contribution is 2.37. The second-order valence-electron chi connectivity index (χ2n) is 8.13. The molecule has 5 rings (SSSR count). The fraction of sp³-hybridized carbons (Fsp3) is 0.0769. The van der Waals surface area contributed by atoms with Gasteiger partial charge in [0.15, 0.2) is 5.71 Å². The highest BCUT2D eigenvalue weighted by Gasteiger charge is 2.35. The number of imide groups is 1. The van der Waals surface area contributed by atoms with Crippen LogP contribution in [0, 0.1) is 13.8 Å². The average Bonchev–Trinajstić information content (AvgIpc) is 3.29. The van der Waals surface area contributed by atoms with Crippen LogP contribution in [-0.4, -0.2) is 27.9 Å². The number of rotatable bonds is 4. The Morgan fingerprint density at radius 2 is 1.80 bits per heavy atom. The van der Waals surface area contributed by atoms with Crippen LogP contribution in [-0.2, 0) is 9.59 Å². The molecule has 0 aromatic heterocycles. The summed E-state index contributed by atoms with van der Waals surface area (Å²) in [6.07, 6.45) is 1.51. The zero-order valence-corrected chi connectivity index (χ0v) is 19.6. The van der Waals surface area contributed by atoms with Crippen LogP contribution in [0.3, 0.4) is 0 Å². The lowest BCUT2D eigenvalue weighted by atomic mass is 10.1. The number of phenolic OH excluding ortho intramolecular Hbond substituents is 1. The van der Waals surface area contributed by atoms with Crippen LogP contribution in [0.2, 0.25) is 0 Å². The first kappa shape index (κ1) is 22.4. The molecule has 2 heterocycles. The summed E-state index contributed by atoms with van der Waals surface area (Å²) in [5.41, 5.74) is 8.21. The van der Waals surface area contributed by atoms with Crippen LogP contribution in [0.1, 0.15) is 22.3 Å². The number of thioether (sulfide) groups is 1. The van der Waals surface area contributed by atoms with E-state index in [1.165, 1.54) is 12.1 Å². The van der Waals surface area contributed by atoms with E-state index in [-0.39, 0.29) is 28.0 Å². The molecule has 174 valence electrons. The van der Waals surface area contributed by atoms with Gasteiger partial charge in [0.05, 0.1) is 16.3 Å². The van der Waals surface area contributed by atoms with Gasteiger partial charge in [-0.3, -0.25) is 30.0 Å². The summed E-state index contributed by atoms with van der Waals surface area (Å²) < 4.78 is 0. The normalized spacial score (nSPS) is 17.3. The largest absolute Gasteiger partial charge is 0.506 e. The molecule has 9 heteroatoms. The Morgan fingerprint density at radius 3 is 2.51 bits per heavy atom. The molecule has 3 aromatic rings. The van der Waals surface area contributed by atoms with Crippen LogP contribution in [0.15, 0.2) is 70.7 Å². The van der Waals surface area contributed by atoms with Crippen molar-refractivity contribution >= 4 is 57.7 Å². The van der Waals surface area contributed by atoms with Crippen molar-refractivity contribution < 1.29 is 19.5 Å². The van der Waals surface area contributed by atoms with E-state index in [1.807, 2.05) is 56.3 Å². The van der Waals surface area contributed by atoms with Crippen molar-refractivity contribution in [3.63, 3.8) is 0 Å². The number of para-hydroxylation sites is 1. The minimum atomic E-state index is -0.472. The Bertz CT molecular complexity index is 1480. The number of benzene rings is 3. The number of fused-ring (bicyclic) bond motifs is 1. The number of carbonyl (C=O) groups excluding carboxylic acids is 3. The van der Waals surface area contributed by atoms with E-state index >= 15 is 0 Å². The maximum atomic E-state index is 13.4. The Labute approximate surface area is 205 Å². The van der Waals surface area contributed by atoms with E-state index in [9.17, 15) is 19.5 Å². The van der Waals surface area contributed by atoms with Crippen LogP contribution >= 0.6 is 11.8 Å². The van der Waals surface area contributed by atoms with Gasteiger partial charge in [-0.15, -0.1) is 0 Å². The predicted octanol–water partition coefficient (Wildman–Crippen LogP) is 4.83. The van der Waals surface area contributed by atoms with E-state index in [4.69, 9.17) is 0 Å². The third-order valence-corrected chi connectivity index (χ3v) is 6.61. The lowest BCUT2D eigenvalue weighted by Crippen LogP contribution is -2.26. The lowest BCUT2D eigenvalue weighted by Gasteiger charge is -2.18. The van der Waals surface area contributed by atoms with Crippen molar-refractivity contribution in [2.24, 2.45) is 5.10 Å². The van der Waals surface area contributed by atoms with Crippen LogP contribution in [0.4, 0.5) is 21.9 Å².